The molecular formula is C14H19N. The maximum atomic E-state index is 9.42. The van der Waals surface area contributed by atoms with Gasteiger partial charge in [-0.2, -0.15) is 5.26 Å². The molecule has 0 saturated heterocycles. The van der Waals surface area contributed by atoms with Gasteiger partial charge < -0.3 is 0 Å². The van der Waals surface area contributed by atoms with Crippen LogP contribution in [0.5, 0.6) is 0 Å². The second kappa shape index (κ2) is 4.98. The van der Waals surface area contributed by atoms with E-state index in [0.29, 0.717) is 5.92 Å². The minimum Gasteiger partial charge on any atom is -0.197 e. The first-order chi connectivity index (χ1) is 7.19. The molecule has 1 aromatic carbocycles. The van der Waals surface area contributed by atoms with E-state index in [1.807, 2.05) is 18.2 Å². The minimum absolute atomic E-state index is 0.342. The number of benzene rings is 1. The van der Waals surface area contributed by atoms with Gasteiger partial charge in [0.05, 0.1) is 11.5 Å². The number of rotatable bonds is 4. The zero-order valence-corrected chi connectivity index (χ0v) is 9.83. The molecule has 0 bridgehead atoms. The minimum atomic E-state index is -0.342. The molecule has 1 aromatic rings. The predicted octanol–water partition coefficient (Wildman–Crippen LogP) is 3.90. The van der Waals surface area contributed by atoms with Crippen molar-refractivity contribution in [3.8, 4) is 6.07 Å². The summed E-state index contributed by atoms with van der Waals surface area (Å²) in [6.45, 7) is 6.37. The summed E-state index contributed by atoms with van der Waals surface area (Å²) >= 11 is 0. The topological polar surface area (TPSA) is 23.8 Å². The van der Waals surface area contributed by atoms with Crippen molar-refractivity contribution in [3.63, 3.8) is 0 Å². The normalized spacial score (nSPS) is 14.6. The first-order valence-corrected chi connectivity index (χ1v) is 5.65. The van der Waals surface area contributed by atoms with E-state index in [2.05, 4.69) is 39.0 Å². The van der Waals surface area contributed by atoms with Gasteiger partial charge in [-0.25, -0.2) is 0 Å². The average molecular weight is 201 g/mol. The standard InChI is InChI=1S/C14H19N/c1-4-12(5-2)14(3,11-15)13-9-7-6-8-10-13/h6-10,12H,4-5H2,1-3H3. The van der Waals surface area contributed by atoms with Gasteiger partial charge in [0, 0.05) is 0 Å². The van der Waals surface area contributed by atoms with Gasteiger partial charge in [-0.1, -0.05) is 57.0 Å². The highest BCUT2D eigenvalue weighted by molar-refractivity contribution is 5.32. The fourth-order valence-corrected chi connectivity index (χ4v) is 2.28. The molecule has 0 amide bonds. The predicted molar refractivity (Wildman–Crippen MR) is 63.5 cm³/mol. The van der Waals surface area contributed by atoms with E-state index in [-0.39, 0.29) is 5.41 Å². The van der Waals surface area contributed by atoms with Gasteiger partial charge in [0.1, 0.15) is 0 Å². The summed E-state index contributed by atoms with van der Waals surface area (Å²) in [6, 6.07) is 12.6. The van der Waals surface area contributed by atoms with Crippen LogP contribution in [-0.4, -0.2) is 0 Å². The molecule has 0 radical (unpaired) electrons. The van der Waals surface area contributed by atoms with Gasteiger partial charge in [-0.05, 0) is 18.4 Å². The zero-order chi connectivity index (χ0) is 11.3. The van der Waals surface area contributed by atoms with E-state index in [4.69, 9.17) is 0 Å². The van der Waals surface area contributed by atoms with E-state index in [1.54, 1.807) is 0 Å². The summed E-state index contributed by atoms with van der Waals surface area (Å²) in [6.07, 6.45) is 2.10. The first kappa shape index (κ1) is 11.8. The van der Waals surface area contributed by atoms with Gasteiger partial charge in [0.15, 0.2) is 0 Å². The van der Waals surface area contributed by atoms with Gasteiger partial charge in [-0.15, -0.1) is 0 Å². The number of hydrogen-bond acceptors (Lipinski definition) is 1. The smallest absolute Gasteiger partial charge is 0.0822 e. The lowest BCUT2D eigenvalue weighted by Gasteiger charge is -2.30. The Morgan fingerprint density at radius 2 is 1.73 bits per heavy atom. The fourth-order valence-electron chi connectivity index (χ4n) is 2.28. The molecule has 0 heterocycles. The summed E-state index contributed by atoms with van der Waals surface area (Å²) in [5, 5.41) is 9.42. The van der Waals surface area contributed by atoms with E-state index < -0.39 is 0 Å². The van der Waals surface area contributed by atoms with Crippen LogP contribution in [0.3, 0.4) is 0 Å². The molecule has 1 nitrogen and oxygen atoms in total. The molecule has 0 aliphatic rings. The number of nitrogens with zero attached hydrogens (tertiary/aromatic N) is 1. The van der Waals surface area contributed by atoms with Crippen molar-refractivity contribution < 1.29 is 0 Å². The van der Waals surface area contributed by atoms with Crippen LogP contribution >= 0.6 is 0 Å². The quantitative estimate of drug-likeness (QED) is 0.724. The Morgan fingerprint density at radius 3 is 2.13 bits per heavy atom. The Labute approximate surface area is 92.7 Å². The summed E-state index contributed by atoms with van der Waals surface area (Å²) in [4.78, 5) is 0. The van der Waals surface area contributed by atoms with Crippen molar-refractivity contribution in [3.05, 3.63) is 35.9 Å². The molecule has 1 atom stereocenters. The third kappa shape index (κ3) is 2.21. The van der Waals surface area contributed by atoms with Gasteiger partial charge >= 0.3 is 0 Å². The van der Waals surface area contributed by atoms with E-state index in [9.17, 15) is 5.26 Å². The van der Waals surface area contributed by atoms with Crippen LogP contribution in [-0.2, 0) is 5.41 Å². The van der Waals surface area contributed by atoms with Gasteiger partial charge in [0.2, 0.25) is 0 Å². The molecule has 15 heavy (non-hydrogen) atoms. The second-order valence-corrected chi connectivity index (χ2v) is 4.19. The number of hydrogen-bond donors (Lipinski definition) is 0. The van der Waals surface area contributed by atoms with E-state index in [1.165, 1.54) is 0 Å². The van der Waals surface area contributed by atoms with Crippen LogP contribution in [0.4, 0.5) is 0 Å². The van der Waals surface area contributed by atoms with Crippen LogP contribution in [0.25, 0.3) is 0 Å². The van der Waals surface area contributed by atoms with Gasteiger partial charge in [-0.3, -0.25) is 0 Å². The molecule has 0 fully saturated rings. The fraction of sp³-hybridized carbons (Fsp3) is 0.500. The van der Waals surface area contributed by atoms with Crippen molar-refractivity contribution in [1.82, 2.24) is 0 Å². The molecule has 0 aromatic heterocycles. The molecule has 0 spiro atoms. The largest absolute Gasteiger partial charge is 0.197 e. The third-order valence-electron chi connectivity index (χ3n) is 3.41. The van der Waals surface area contributed by atoms with Crippen molar-refractivity contribution >= 4 is 0 Å². The van der Waals surface area contributed by atoms with Crippen molar-refractivity contribution in [2.75, 3.05) is 0 Å². The SMILES string of the molecule is CCC(CC)C(C)(C#N)c1ccccc1. The first-order valence-electron chi connectivity index (χ1n) is 5.65. The highest BCUT2D eigenvalue weighted by Crippen LogP contribution is 2.35. The lowest BCUT2D eigenvalue weighted by atomic mass is 9.70. The van der Waals surface area contributed by atoms with Crippen LogP contribution in [0, 0.1) is 17.2 Å². The van der Waals surface area contributed by atoms with Crippen LogP contribution in [0.15, 0.2) is 30.3 Å². The molecule has 1 unspecified atom stereocenters. The summed E-state index contributed by atoms with van der Waals surface area (Å²) in [5.74, 6) is 0.435. The van der Waals surface area contributed by atoms with E-state index in [0.717, 1.165) is 18.4 Å². The van der Waals surface area contributed by atoms with Crippen molar-refractivity contribution in [1.29, 1.82) is 5.26 Å². The summed E-state index contributed by atoms with van der Waals surface area (Å²) in [7, 11) is 0. The van der Waals surface area contributed by atoms with Crippen molar-refractivity contribution in [2.45, 2.75) is 39.0 Å². The Kier molecular flexibility index (Phi) is 3.91. The second-order valence-electron chi connectivity index (χ2n) is 4.19. The Balaban J connectivity index is 3.11. The summed E-state index contributed by atoms with van der Waals surface area (Å²) in [5.41, 5.74) is 0.798. The zero-order valence-electron chi connectivity index (χ0n) is 9.83. The monoisotopic (exact) mass is 201 g/mol. The molecular weight excluding hydrogens is 182 g/mol. The van der Waals surface area contributed by atoms with Crippen LogP contribution in [0.2, 0.25) is 0 Å². The molecule has 0 N–H and O–H groups in total. The average Bonchev–Trinajstić information content (AvgIpc) is 2.31. The maximum absolute atomic E-state index is 9.42. The molecule has 80 valence electrons. The Morgan fingerprint density at radius 1 is 1.20 bits per heavy atom. The van der Waals surface area contributed by atoms with Crippen LogP contribution in [0.1, 0.15) is 39.2 Å². The molecule has 1 heteroatoms. The highest BCUT2D eigenvalue weighted by atomic mass is 14.4. The number of nitriles is 1. The van der Waals surface area contributed by atoms with Crippen molar-refractivity contribution in [2.24, 2.45) is 5.92 Å². The molecule has 0 aliphatic carbocycles. The lowest BCUT2D eigenvalue weighted by molar-refractivity contribution is 0.344. The Hall–Kier alpha value is -1.29. The molecule has 0 aliphatic heterocycles. The van der Waals surface area contributed by atoms with Gasteiger partial charge in [0.25, 0.3) is 0 Å². The van der Waals surface area contributed by atoms with E-state index >= 15 is 0 Å². The molecule has 1 rings (SSSR count). The Bertz CT molecular complexity index is 332. The van der Waals surface area contributed by atoms with Crippen LogP contribution < -0.4 is 0 Å². The third-order valence-corrected chi connectivity index (χ3v) is 3.41. The lowest BCUT2D eigenvalue weighted by Crippen LogP contribution is -2.29. The summed E-state index contributed by atoms with van der Waals surface area (Å²) < 4.78 is 0. The molecule has 0 saturated carbocycles. The highest BCUT2D eigenvalue weighted by Gasteiger charge is 2.33. The maximum Gasteiger partial charge on any atom is 0.0822 e.